The van der Waals surface area contributed by atoms with Gasteiger partial charge in [0.25, 0.3) is 0 Å². The summed E-state index contributed by atoms with van der Waals surface area (Å²) < 4.78 is 34.4. The standard InChI is InChI=1S/C18H24BFN2O3/c1-17(2)18(3,4)25-19(24-17)13-9-12-11-21-22(16(12)14(20)10-13)15-7-5-6-8-23-15/h9-11,15H,5-8H2,1-4H3. The molecule has 2 aliphatic rings. The van der Waals surface area contributed by atoms with Crippen LogP contribution in [-0.2, 0) is 14.0 Å². The molecule has 134 valence electrons. The molecule has 1 aromatic carbocycles. The minimum atomic E-state index is -0.585. The fraction of sp³-hybridized carbons (Fsp3) is 0.611. The van der Waals surface area contributed by atoms with Crippen LogP contribution in [0.25, 0.3) is 10.9 Å². The van der Waals surface area contributed by atoms with E-state index in [-0.39, 0.29) is 12.0 Å². The Balaban J connectivity index is 1.70. The quantitative estimate of drug-likeness (QED) is 0.784. The van der Waals surface area contributed by atoms with Crippen LogP contribution in [0.15, 0.2) is 18.3 Å². The Labute approximate surface area is 147 Å². The molecule has 2 fully saturated rings. The lowest BCUT2D eigenvalue weighted by Gasteiger charge is -2.32. The first kappa shape index (κ1) is 17.0. The molecule has 1 atom stereocenters. The topological polar surface area (TPSA) is 45.5 Å². The van der Waals surface area contributed by atoms with Gasteiger partial charge in [-0.25, -0.2) is 9.07 Å². The van der Waals surface area contributed by atoms with E-state index in [1.165, 1.54) is 6.07 Å². The van der Waals surface area contributed by atoms with E-state index < -0.39 is 18.3 Å². The van der Waals surface area contributed by atoms with E-state index in [9.17, 15) is 4.39 Å². The number of fused-ring (bicyclic) bond motifs is 1. The van der Waals surface area contributed by atoms with Crippen molar-refractivity contribution in [3.05, 3.63) is 24.1 Å². The monoisotopic (exact) mass is 346 g/mol. The van der Waals surface area contributed by atoms with Gasteiger partial charge in [-0.15, -0.1) is 0 Å². The van der Waals surface area contributed by atoms with Crippen molar-refractivity contribution < 1.29 is 18.4 Å². The zero-order valence-electron chi connectivity index (χ0n) is 15.2. The first-order valence-corrected chi connectivity index (χ1v) is 8.92. The average molecular weight is 346 g/mol. The minimum Gasteiger partial charge on any atom is -0.399 e. The zero-order chi connectivity index (χ0) is 17.8. The van der Waals surface area contributed by atoms with Crippen molar-refractivity contribution in [3.8, 4) is 0 Å². The van der Waals surface area contributed by atoms with Crippen molar-refractivity contribution in [2.45, 2.75) is 64.4 Å². The molecule has 0 N–H and O–H groups in total. The molecule has 1 aromatic heterocycles. The van der Waals surface area contributed by atoms with Crippen LogP contribution in [0.5, 0.6) is 0 Å². The maximum absolute atomic E-state index is 14.9. The Morgan fingerprint density at radius 1 is 1.16 bits per heavy atom. The highest BCUT2D eigenvalue weighted by molar-refractivity contribution is 6.62. The Kier molecular flexibility index (Phi) is 3.94. The lowest BCUT2D eigenvalue weighted by molar-refractivity contribution is -0.0369. The Bertz CT molecular complexity index is 783. The van der Waals surface area contributed by atoms with Gasteiger partial charge in [0.15, 0.2) is 6.23 Å². The Hall–Kier alpha value is -1.44. The summed E-state index contributed by atoms with van der Waals surface area (Å²) >= 11 is 0. The summed E-state index contributed by atoms with van der Waals surface area (Å²) in [4.78, 5) is 0. The van der Waals surface area contributed by atoms with Crippen molar-refractivity contribution in [1.29, 1.82) is 0 Å². The maximum atomic E-state index is 14.9. The van der Waals surface area contributed by atoms with E-state index in [1.54, 1.807) is 10.9 Å². The van der Waals surface area contributed by atoms with Gasteiger partial charge in [-0.2, -0.15) is 5.10 Å². The van der Waals surface area contributed by atoms with Crippen LogP contribution in [0.4, 0.5) is 4.39 Å². The number of ether oxygens (including phenoxy) is 1. The molecule has 0 bridgehead atoms. The molecule has 2 saturated heterocycles. The van der Waals surface area contributed by atoms with Crippen molar-refractivity contribution in [3.63, 3.8) is 0 Å². The lowest BCUT2D eigenvalue weighted by Crippen LogP contribution is -2.41. The fourth-order valence-electron chi connectivity index (χ4n) is 3.41. The summed E-state index contributed by atoms with van der Waals surface area (Å²) in [7, 11) is -0.585. The zero-order valence-corrected chi connectivity index (χ0v) is 15.2. The molecule has 5 nitrogen and oxygen atoms in total. The average Bonchev–Trinajstić information content (AvgIpc) is 3.07. The summed E-state index contributed by atoms with van der Waals surface area (Å²) in [5.74, 6) is -0.325. The van der Waals surface area contributed by atoms with Gasteiger partial charge in [-0.1, -0.05) is 6.07 Å². The van der Waals surface area contributed by atoms with E-state index in [4.69, 9.17) is 14.0 Å². The molecule has 3 heterocycles. The van der Waals surface area contributed by atoms with Crippen molar-refractivity contribution >= 4 is 23.5 Å². The second-order valence-corrected chi connectivity index (χ2v) is 7.94. The molecule has 0 aliphatic carbocycles. The summed E-state index contributed by atoms with van der Waals surface area (Å²) in [6.07, 6.45) is 4.47. The normalized spacial score (nSPS) is 25.6. The molecule has 7 heteroatoms. The molecule has 0 amide bonds. The van der Waals surface area contributed by atoms with Crippen LogP contribution in [-0.4, -0.2) is 34.7 Å². The highest BCUT2D eigenvalue weighted by atomic mass is 19.1. The SMILES string of the molecule is CC1(C)OB(c2cc(F)c3c(cnn3C3CCCCO3)c2)OC1(C)C. The van der Waals surface area contributed by atoms with Crippen molar-refractivity contribution in [1.82, 2.24) is 9.78 Å². The highest BCUT2D eigenvalue weighted by Crippen LogP contribution is 2.37. The van der Waals surface area contributed by atoms with E-state index >= 15 is 0 Å². The van der Waals surface area contributed by atoms with Crippen LogP contribution in [0.1, 0.15) is 53.2 Å². The summed E-state index contributed by atoms with van der Waals surface area (Å²) in [5.41, 5.74) is 0.242. The molecular weight excluding hydrogens is 322 g/mol. The number of hydrogen-bond acceptors (Lipinski definition) is 4. The number of benzene rings is 1. The minimum absolute atomic E-state index is 0.191. The number of hydrogen-bond donors (Lipinski definition) is 0. The van der Waals surface area contributed by atoms with E-state index in [2.05, 4.69) is 5.10 Å². The molecule has 2 aliphatic heterocycles. The first-order valence-electron chi connectivity index (χ1n) is 8.92. The van der Waals surface area contributed by atoms with Gasteiger partial charge in [0.05, 0.1) is 17.4 Å². The third-order valence-corrected chi connectivity index (χ3v) is 5.62. The Morgan fingerprint density at radius 3 is 2.52 bits per heavy atom. The van der Waals surface area contributed by atoms with Crippen LogP contribution in [0.3, 0.4) is 0 Å². The molecule has 25 heavy (non-hydrogen) atoms. The van der Waals surface area contributed by atoms with Crippen LogP contribution >= 0.6 is 0 Å². The van der Waals surface area contributed by atoms with Gasteiger partial charge >= 0.3 is 7.12 Å². The Morgan fingerprint density at radius 2 is 1.88 bits per heavy atom. The predicted octanol–water partition coefficient (Wildman–Crippen LogP) is 3.17. The largest absolute Gasteiger partial charge is 0.494 e. The van der Waals surface area contributed by atoms with Crippen molar-refractivity contribution in [2.24, 2.45) is 0 Å². The van der Waals surface area contributed by atoms with Crippen LogP contribution < -0.4 is 5.46 Å². The molecule has 0 saturated carbocycles. The molecule has 0 radical (unpaired) electrons. The predicted molar refractivity (Wildman–Crippen MR) is 94.2 cm³/mol. The molecule has 1 unspecified atom stereocenters. The lowest BCUT2D eigenvalue weighted by atomic mass is 9.78. The number of nitrogens with zero attached hydrogens (tertiary/aromatic N) is 2. The van der Waals surface area contributed by atoms with Crippen LogP contribution in [0.2, 0.25) is 0 Å². The second-order valence-electron chi connectivity index (χ2n) is 7.94. The molecular formula is C18H24BFN2O3. The second kappa shape index (κ2) is 5.79. The van der Waals surface area contributed by atoms with E-state index in [0.29, 0.717) is 17.6 Å². The molecule has 2 aromatic rings. The van der Waals surface area contributed by atoms with Gasteiger partial charge in [0.2, 0.25) is 0 Å². The molecule has 0 spiro atoms. The number of rotatable bonds is 2. The van der Waals surface area contributed by atoms with E-state index in [0.717, 1.165) is 24.6 Å². The van der Waals surface area contributed by atoms with Crippen molar-refractivity contribution in [2.75, 3.05) is 6.61 Å². The highest BCUT2D eigenvalue weighted by Gasteiger charge is 2.51. The summed E-state index contributed by atoms with van der Waals surface area (Å²) in [6, 6.07) is 3.39. The summed E-state index contributed by atoms with van der Waals surface area (Å²) in [6.45, 7) is 8.64. The van der Waals surface area contributed by atoms with Gasteiger partial charge in [-0.05, 0) is 58.5 Å². The van der Waals surface area contributed by atoms with Gasteiger partial charge in [-0.3, -0.25) is 0 Å². The maximum Gasteiger partial charge on any atom is 0.494 e. The fourth-order valence-corrected chi connectivity index (χ4v) is 3.41. The van der Waals surface area contributed by atoms with Crippen LogP contribution in [0, 0.1) is 5.82 Å². The first-order chi connectivity index (χ1) is 11.8. The third-order valence-electron chi connectivity index (χ3n) is 5.62. The summed E-state index contributed by atoms with van der Waals surface area (Å²) in [5, 5.41) is 5.11. The smallest absolute Gasteiger partial charge is 0.399 e. The molecule has 4 rings (SSSR count). The van der Waals surface area contributed by atoms with Gasteiger partial charge in [0.1, 0.15) is 11.3 Å². The van der Waals surface area contributed by atoms with Gasteiger partial charge in [0, 0.05) is 12.0 Å². The van der Waals surface area contributed by atoms with E-state index in [1.807, 2.05) is 33.8 Å². The number of halogens is 1. The third kappa shape index (κ3) is 2.78. The van der Waals surface area contributed by atoms with Gasteiger partial charge < -0.3 is 14.0 Å². The number of aromatic nitrogens is 2.